The highest BCUT2D eigenvalue weighted by molar-refractivity contribution is 6.63. The van der Waals surface area contributed by atoms with Gasteiger partial charge in [-0.3, -0.25) is 4.79 Å². The van der Waals surface area contributed by atoms with Crippen molar-refractivity contribution in [3.63, 3.8) is 0 Å². The molecule has 88 valence electrons. The second-order valence-corrected chi connectivity index (χ2v) is 3.55. The molecule has 0 unspecified atom stereocenters. The fourth-order valence-corrected chi connectivity index (χ4v) is 1.10. The highest BCUT2D eigenvalue weighted by Crippen LogP contribution is 2.04. The van der Waals surface area contributed by atoms with Gasteiger partial charge in [0.05, 0.1) is 6.61 Å². The second-order valence-electron chi connectivity index (χ2n) is 3.23. The molecular formula is C10H18ClNO3. The number of halogens is 1. The van der Waals surface area contributed by atoms with Crippen LogP contribution in [0.4, 0.5) is 9.59 Å². The van der Waals surface area contributed by atoms with Gasteiger partial charge < -0.3 is 4.74 Å². The van der Waals surface area contributed by atoms with E-state index in [-0.39, 0.29) is 0 Å². The minimum Gasteiger partial charge on any atom is -0.449 e. The molecule has 0 saturated heterocycles. The number of rotatable bonds is 6. The van der Waals surface area contributed by atoms with E-state index >= 15 is 0 Å². The van der Waals surface area contributed by atoms with Crippen molar-refractivity contribution in [1.29, 1.82) is 0 Å². The molecule has 0 aliphatic rings. The minimum atomic E-state index is -0.773. The molecule has 0 aromatic rings. The SMILES string of the molecule is CCCCOC(=O)N(CCCC)C(=O)Cl. The van der Waals surface area contributed by atoms with Crippen molar-refractivity contribution in [1.82, 2.24) is 4.90 Å². The Morgan fingerprint density at radius 3 is 2.27 bits per heavy atom. The van der Waals surface area contributed by atoms with Crippen molar-refractivity contribution < 1.29 is 14.3 Å². The third-order valence-corrected chi connectivity index (χ3v) is 2.10. The topological polar surface area (TPSA) is 46.6 Å². The van der Waals surface area contributed by atoms with Gasteiger partial charge in [-0.25, -0.2) is 9.69 Å². The van der Waals surface area contributed by atoms with Crippen LogP contribution in [-0.4, -0.2) is 29.5 Å². The highest BCUT2D eigenvalue weighted by Gasteiger charge is 2.19. The molecule has 15 heavy (non-hydrogen) atoms. The summed E-state index contributed by atoms with van der Waals surface area (Å²) in [6.07, 6.45) is 2.72. The summed E-state index contributed by atoms with van der Waals surface area (Å²) in [4.78, 5) is 23.2. The lowest BCUT2D eigenvalue weighted by Gasteiger charge is -2.16. The number of hydrogen-bond acceptors (Lipinski definition) is 3. The van der Waals surface area contributed by atoms with Crippen molar-refractivity contribution >= 4 is 23.1 Å². The Labute approximate surface area is 95.5 Å². The zero-order chi connectivity index (χ0) is 11.7. The van der Waals surface area contributed by atoms with Gasteiger partial charge in [0.2, 0.25) is 0 Å². The quantitative estimate of drug-likeness (QED) is 0.403. The monoisotopic (exact) mass is 235 g/mol. The van der Waals surface area contributed by atoms with Crippen LogP contribution < -0.4 is 0 Å². The zero-order valence-electron chi connectivity index (χ0n) is 9.29. The van der Waals surface area contributed by atoms with Crippen LogP contribution in [-0.2, 0) is 4.74 Å². The van der Waals surface area contributed by atoms with Crippen LogP contribution in [0.15, 0.2) is 0 Å². The van der Waals surface area contributed by atoms with E-state index in [1.807, 2.05) is 13.8 Å². The van der Waals surface area contributed by atoms with E-state index in [1.54, 1.807) is 0 Å². The van der Waals surface area contributed by atoms with E-state index < -0.39 is 11.5 Å². The summed E-state index contributed by atoms with van der Waals surface area (Å²) in [5, 5.41) is -0.773. The molecule has 5 heteroatoms. The lowest BCUT2D eigenvalue weighted by molar-refractivity contribution is 0.113. The largest absolute Gasteiger partial charge is 0.449 e. The highest BCUT2D eigenvalue weighted by atomic mass is 35.5. The standard InChI is InChI=1S/C10H18ClNO3/c1-3-5-7-12(9(11)13)10(14)15-8-6-4-2/h3-8H2,1-2H3. The van der Waals surface area contributed by atoms with E-state index in [9.17, 15) is 9.59 Å². The Bertz CT molecular complexity index is 209. The molecule has 0 aliphatic heterocycles. The maximum Gasteiger partial charge on any atom is 0.417 e. The summed E-state index contributed by atoms with van der Waals surface area (Å²) in [6, 6.07) is 0. The number of imide groups is 1. The summed E-state index contributed by atoms with van der Waals surface area (Å²) in [7, 11) is 0. The molecule has 0 radical (unpaired) electrons. The number of hydrogen-bond donors (Lipinski definition) is 0. The van der Waals surface area contributed by atoms with E-state index in [1.165, 1.54) is 0 Å². The summed E-state index contributed by atoms with van der Waals surface area (Å²) >= 11 is 5.27. The molecule has 0 aromatic carbocycles. The summed E-state index contributed by atoms with van der Waals surface area (Å²) in [5.74, 6) is 0. The van der Waals surface area contributed by atoms with E-state index in [2.05, 4.69) is 0 Å². The summed E-state index contributed by atoms with van der Waals surface area (Å²) in [5.41, 5.74) is 0. The predicted molar refractivity (Wildman–Crippen MR) is 59.1 cm³/mol. The Balaban J connectivity index is 3.99. The van der Waals surface area contributed by atoms with E-state index in [0.717, 1.165) is 30.6 Å². The molecule has 0 fully saturated rings. The van der Waals surface area contributed by atoms with Gasteiger partial charge >= 0.3 is 11.5 Å². The summed E-state index contributed by atoms with van der Waals surface area (Å²) in [6.45, 7) is 4.63. The van der Waals surface area contributed by atoms with Gasteiger partial charge in [-0.05, 0) is 24.4 Å². The minimum absolute atomic E-state index is 0.323. The van der Waals surface area contributed by atoms with Gasteiger partial charge in [-0.15, -0.1) is 0 Å². The molecule has 0 saturated carbocycles. The van der Waals surface area contributed by atoms with Crippen molar-refractivity contribution in [2.75, 3.05) is 13.2 Å². The Kier molecular flexibility index (Phi) is 8.09. The lowest BCUT2D eigenvalue weighted by Crippen LogP contribution is -2.34. The number of carbonyl (C=O) groups is 2. The Morgan fingerprint density at radius 1 is 1.20 bits per heavy atom. The number of nitrogens with zero attached hydrogens (tertiary/aromatic N) is 1. The Morgan fingerprint density at radius 2 is 1.80 bits per heavy atom. The van der Waals surface area contributed by atoms with Crippen LogP contribution in [0.1, 0.15) is 39.5 Å². The number of amides is 2. The summed E-state index contributed by atoms with van der Waals surface area (Å²) < 4.78 is 4.88. The van der Waals surface area contributed by atoms with Gasteiger partial charge in [0, 0.05) is 6.54 Å². The Hall–Kier alpha value is -0.770. The van der Waals surface area contributed by atoms with Crippen LogP contribution in [0.5, 0.6) is 0 Å². The van der Waals surface area contributed by atoms with E-state index in [4.69, 9.17) is 16.3 Å². The first-order valence-electron chi connectivity index (χ1n) is 5.27. The van der Waals surface area contributed by atoms with Crippen LogP contribution in [0.2, 0.25) is 0 Å². The van der Waals surface area contributed by atoms with Gasteiger partial charge in [0.15, 0.2) is 0 Å². The molecule has 0 atom stereocenters. The van der Waals surface area contributed by atoms with Crippen LogP contribution >= 0.6 is 11.6 Å². The number of carbonyl (C=O) groups excluding carboxylic acids is 2. The first-order valence-corrected chi connectivity index (χ1v) is 5.65. The van der Waals surface area contributed by atoms with Gasteiger partial charge in [-0.1, -0.05) is 26.7 Å². The smallest absolute Gasteiger partial charge is 0.417 e. The van der Waals surface area contributed by atoms with Crippen molar-refractivity contribution in [3.05, 3.63) is 0 Å². The first kappa shape index (κ1) is 14.2. The van der Waals surface area contributed by atoms with Crippen molar-refractivity contribution in [2.45, 2.75) is 39.5 Å². The molecular weight excluding hydrogens is 218 g/mol. The molecule has 2 amide bonds. The molecule has 0 heterocycles. The fourth-order valence-electron chi connectivity index (χ4n) is 0.949. The van der Waals surface area contributed by atoms with Crippen LogP contribution in [0, 0.1) is 0 Å². The first-order chi connectivity index (χ1) is 7.13. The van der Waals surface area contributed by atoms with Crippen LogP contribution in [0.3, 0.4) is 0 Å². The fraction of sp³-hybridized carbons (Fsp3) is 0.800. The second kappa shape index (κ2) is 8.53. The molecule has 0 rings (SSSR count). The molecule has 4 nitrogen and oxygen atoms in total. The van der Waals surface area contributed by atoms with Crippen molar-refractivity contribution in [2.24, 2.45) is 0 Å². The molecule has 0 spiro atoms. The van der Waals surface area contributed by atoms with E-state index in [0.29, 0.717) is 13.2 Å². The normalized spacial score (nSPS) is 9.80. The van der Waals surface area contributed by atoms with Crippen LogP contribution in [0.25, 0.3) is 0 Å². The molecule has 0 bridgehead atoms. The lowest BCUT2D eigenvalue weighted by atomic mass is 10.3. The molecule has 0 N–H and O–H groups in total. The number of unbranched alkanes of at least 4 members (excludes halogenated alkanes) is 2. The zero-order valence-corrected chi connectivity index (χ0v) is 10.0. The van der Waals surface area contributed by atoms with Crippen molar-refractivity contribution in [3.8, 4) is 0 Å². The van der Waals surface area contributed by atoms with Gasteiger partial charge in [0.1, 0.15) is 0 Å². The average Bonchev–Trinajstić information content (AvgIpc) is 2.18. The number of ether oxygens (including phenoxy) is 1. The van der Waals surface area contributed by atoms with Gasteiger partial charge in [-0.2, -0.15) is 0 Å². The molecule has 0 aliphatic carbocycles. The maximum atomic E-state index is 11.4. The van der Waals surface area contributed by atoms with Gasteiger partial charge in [0.25, 0.3) is 0 Å². The third-order valence-electron chi connectivity index (χ3n) is 1.89. The predicted octanol–water partition coefficient (Wildman–Crippen LogP) is 3.38. The third kappa shape index (κ3) is 6.33. The average molecular weight is 236 g/mol. The maximum absolute atomic E-state index is 11.4. The molecule has 0 aromatic heterocycles.